The molecule has 0 aromatic rings. The van der Waals surface area contributed by atoms with Crippen LogP contribution in [0.15, 0.2) is 0 Å². The van der Waals surface area contributed by atoms with Crippen LogP contribution < -0.4 is 10.6 Å². The van der Waals surface area contributed by atoms with E-state index in [0.29, 0.717) is 12.1 Å². The number of methoxy groups -OCH3 is 1. The van der Waals surface area contributed by atoms with E-state index < -0.39 is 0 Å². The quantitative estimate of drug-likeness (QED) is 0.755. The molecular weight excluding hydrogens is 216 g/mol. The van der Waals surface area contributed by atoms with Gasteiger partial charge in [0, 0.05) is 19.7 Å². The topological polar surface area (TPSA) is 50.4 Å². The number of rotatable bonds is 5. The van der Waals surface area contributed by atoms with Gasteiger partial charge in [-0.25, -0.2) is 0 Å². The minimum atomic E-state index is -0.146. The summed E-state index contributed by atoms with van der Waals surface area (Å²) in [7, 11) is 1.74. The average Bonchev–Trinajstić information content (AvgIpc) is 2.72. The van der Waals surface area contributed by atoms with Crippen molar-refractivity contribution in [3.05, 3.63) is 0 Å². The molecular formula is C13H24N2O2. The molecule has 0 aromatic heterocycles. The van der Waals surface area contributed by atoms with Crippen LogP contribution in [-0.4, -0.2) is 38.3 Å². The van der Waals surface area contributed by atoms with E-state index in [9.17, 15) is 4.79 Å². The van der Waals surface area contributed by atoms with Crippen molar-refractivity contribution in [3.63, 3.8) is 0 Å². The molecule has 1 saturated heterocycles. The summed E-state index contributed by atoms with van der Waals surface area (Å²) in [5.41, 5.74) is -0.146. The molecule has 4 nitrogen and oxygen atoms in total. The van der Waals surface area contributed by atoms with E-state index in [-0.39, 0.29) is 11.3 Å². The van der Waals surface area contributed by atoms with Gasteiger partial charge in [-0.3, -0.25) is 4.79 Å². The van der Waals surface area contributed by atoms with Crippen molar-refractivity contribution in [1.29, 1.82) is 0 Å². The van der Waals surface area contributed by atoms with Crippen LogP contribution in [0.4, 0.5) is 0 Å². The number of carbonyl (C=O) groups excluding carboxylic acids is 1. The first-order valence-electron chi connectivity index (χ1n) is 6.74. The Bertz CT molecular complexity index is 269. The lowest BCUT2D eigenvalue weighted by molar-refractivity contribution is -0.133. The Morgan fingerprint density at radius 3 is 2.82 bits per heavy atom. The van der Waals surface area contributed by atoms with Crippen LogP contribution >= 0.6 is 0 Å². The first-order chi connectivity index (χ1) is 8.20. The maximum absolute atomic E-state index is 12.4. The minimum Gasteiger partial charge on any atom is -0.381 e. The number of hydrogen-bond donors (Lipinski definition) is 2. The maximum atomic E-state index is 12.4. The molecule has 2 rings (SSSR count). The molecule has 2 aliphatic rings. The SMILES string of the molecule is CCCC1(C(=O)NC2CC(OC)C2)CCNC1. The lowest BCUT2D eigenvalue weighted by Gasteiger charge is -2.37. The summed E-state index contributed by atoms with van der Waals surface area (Å²) in [6, 6.07) is 0.335. The number of hydrogen-bond acceptors (Lipinski definition) is 3. The smallest absolute Gasteiger partial charge is 0.227 e. The maximum Gasteiger partial charge on any atom is 0.227 e. The highest BCUT2D eigenvalue weighted by atomic mass is 16.5. The minimum absolute atomic E-state index is 0.146. The molecule has 1 aliphatic carbocycles. The number of amides is 1. The molecule has 17 heavy (non-hydrogen) atoms. The number of ether oxygens (including phenoxy) is 1. The van der Waals surface area contributed by atoms with Crippen LogP contribution in [0, 0.1) is 5.41 Å². The fourth-order valence-electron chi connectivity index (χ4n) is 2.96. The van der Waals surface area contributed by atoms with Gasteiger partial charge in [0.15, 0.2) is 0 Å². The Morgan fingerprint density at radius 1 is 1.53 bits per heavy atom. The van der Waals surface area contributed by atoms with E-state index in [2.05, 4.69) is 17.6 Å². The van der Waals surface area contributed by atoms with Gasteiger partial charge in [-0.05, 0) is 32.2 Å². The summed E-state index contributed by atoms with van der Waals surface area (Å²) in [5, 5.41) is 6.51. The Kier molecular flexibility index (Phi) is 4.05. The summed E-state index contributed by atoms with van der Waals surface area (Å²) in [6.07, 6.45) is 5.33. The first-order valence-corrected chi connectivity index (χ1v) is 6.74. The van der Waals surface area contributed by atoms with E-state index in [1.165, 1.54) is 0 Å². The molecule has 0 radical (unpaired) electrons. The van der Waals surface area contributed by atoms with Crippen LogP contribution in [0.25, 0.3) is 0 Å². The third-order valence-electron chi connectivity index (χ3n) is 4.22. The largest absolute Gasteiger partial charge is 0.381 e. The average molecular weight is 240 g/mol. The van der Waals surface area contributed by atoms with Gasteiger partial charge in [0.1, 0.15) is 0 Å². The van der Waals surface area contributed by atoms with Gasteiger partial charge in [-0.1, -0.05) is 13.3 Å². The summed E-state index contributed by atoms with van der Waals surface area (Å²) in [5.74, 6) is 0.254. The highest BCUT2D eigenvalue weighted by Crippen LogP contribution is 2.32. The third-order valence-corrected chi connectivity index (χ3v) is 4.22. The van der Waals surface area contributed by atoms with E-state index in [0.717, 1.165) is 45.2 Å². The Labute approximate surface area is 103 Å². The standard InChI is InChI=1S/C13H24N2O2/c1-3-4-13(5-6-14-9-13)12(16)15-10-7-11(8-10)17-2/h10-11,14H,3-9H2,1-2H3,(H,15,16). The Balaban J connectivity index is 1.85. The Hall–Kier alpha value is -0.610. The van der Waals surface area contributed by atoms with Crippen molar-refractivity contribution in [3.8, 4) is 0 Å². The molecule has 0 spiro atoms. The lowest BCUT2D eigenvalue weighted by atomic mass is 9.80. The highest BCUT2D eigenvalue weighted by Gasteiger charge is 2.42. The summed E-state index contributed by atoms with van der Waals surface area (Å²) in [4.78, 5) is 12.4. The first kappa shape index (κ1) is 12.8. The number of carbonyl (C=O) groups is 1. The van der Waals surface area contributed by atoms with Crippen LogP contribution in [-0.2, 0) is 9.53 Å². The van der Waals surface area contributed by atoms with Gasteiger partial charge < -0.3 is 15.4 Å². The fourth-order valence-corrected chi connectivity index (χ4v) is 2.96. The molecule has 1 heterocycles. The monoisotopic (exact) mass is 240 g/mol. The predicted molar refractivity (Wildman–Crippen MR) is 66.8 cm³/mol. The Morgan fingerprint density at radius 2 is 2.29 bits per heavy atom. The van der Waals surface area contributed by atoms with Crippen molar-refractivity contribution in [2.45, 2.75) is 51.2 Å². The zero-order valence-electron chi connectivity index (χ0n) is 10.9. The summed E-state index contributed by atoms with van der Waals surface area (Å²) in [6.45, 7) is 3.96. The van der Waals surface area contributed by atoms with Gasteiger partial charge in [-0.15, -0.1) is 0 Å². The molecule has 1 amide bonds. The van der Waals surface area contributed by atoms with Crippen molar-refractivity contribution in [2.75, 3.05) is 20.2 Å². The molecule has 1 unspecified atom stereocenters. The van der Waals surface area contributed by atoms with Crippen LogP contribution in [0.1, 0.15) is 39.0 Å². The lowest BCUT2D eigenvalue weighted by Crippen LogP contribution is -2.52. The van der Waals surface area contributed by atoms with Gasteiger partial charge in [0.2, 0.25) is 5.91 Å². The second-order valence-corrected chi connectivity index (χ2v) is 5.46. The molecule has 0 aromatic carbocycles. The van der Waals surface area contributed by atoms with Crippen LogP contribution in [0.2, 0.25) is 0 Å². The molecule has 0 bridgehead atoms. The zero-order chi connectivity index (χ0) is 12.3. The van der Waals surface area contributed by atoms with Gasteiger partial charge in [-0.2, -0.15) is 0 Å². The van der Waals surface area contributed by atoms with Crippen LogP contribution in [0.3, 0.4) is 0 Å². The molecule has 1 atom stereocenters. The summed E-state index contributed by atoms with van der Waals surface area (Å²) >= 11 is 0. The van der Waals surface area contributed by atoms with Gasteiger partial charge >= 0.3 is 0 Å². The third kappa shape index (κ3) is 2.63. The molecule has 1 aliphatic heterocycles. The normalized spacial score (nSPS) is 36.6. The van der Waals surface area contributed by atoms with Gasteiger partial charge in [0.25, 0.3) is 0 Å². The fraction of sp³-hybridized carbons (Fsp3) is 0.923. The van der Waals surface area contributed by atoms with Crippen molar-refractivity contribution < 1.29 is 9.53 Å². The number of nitrogens with one attached hydrogen (secondary N) is 2. The molecule has 2 fully saturated rings. The zero-order valence-corrected chi connectivity index (χ0v) is 10.9. The van der Waals surface area contributed by atoms with E-state index in [1.807, 2.05) is 0 Å². The van der Waals surface area contributed by atoms with E-state index in [4.69, 9.17) is 4.74 Å². The molecule has 2 N–H and O–H groups in total. The second-order valence-electron chi connectivity index (χ2n) is 5.46. The molecule has 4 heteroatoms. The highest BCUT2D eigenvalue weighted by molar-refractivity contribution is 5.83. The van der Waals surface area contributed by atoms with Crippen molar-refractivity contribution >= 4 is 5.91 Å². The van der Waals surface area contributed by atoms with Gasteiger partial charge in [0.05, 0.1) is 11.5 Å². The summed E-state index contributed by atoms with van der Waals surface area (Å²) < 4.78 is 5.23. The van der Waals surface area contributed by atoms with E-state index in [1.54, 1.807) is 7.11 Å². The van der Waals surface area contributed by atoms with E-state index >= 15 is 0 Å². The van der Waals surface area contributed by atoms with Crippen molar-refractivity contribution in [1.82, 2.24) is 10.6 Å². The predicted octanol–water partition coefficient (Wildman–Crippen LogP) is 1.06. The van der Waals surface area contributed by atoms with Crippen LogP contribution in [0.5, 0.6) is 0 Å². The second kappa shape index (κ2) is 5.36. The molecule has 1 saturated carbocycles. The molecule has 98 valence electrons. The van der Waals surface area contributed by atoms with Crippen molar-refractivity contribution in [2.24, 2.45) is 5.41 Å².